The molecular formula is C26H25N5O2S. The van der Waals surface area contributed by atoms with Crippen LogP contribution in [-0.4, -0.2) is 44.1 Å². The Morgan fingerprint density at radius 3 is 2.68 bits per heavy atom. The molecule has 1 aliphatic heterocycles. The van der Waals surface area contributed by atoms with Gasteiger partial charge in [-0.05, 0) is 68.3 Å². The van der Waals surface area contributed by atoms with Gasteiger partial charge < -0.3 is 9.64 Å². The van der Waals surface area contributed by atoms with Crippen LogP contribution in [0.5, 0.6) is 5.75 Å². The molecule has 1 aliphatic rings. The van der Waals surface area contributed by atoms with Gasteiger partial charge in [0.15, 0.2) is 11.0 Å². The third-order valence-electron chi connectivity index (χ3n) is 5.76. The lowest BCUT2D eigenvalue weighted by molar-refractivity contribution is -0.116. The van der Waals surface area contributed by atoms with Crippen LogP contribution in [0.2, 0.25) is 0 Å². The van der Waals surface area contributed by atoms with Crippen LogP contribution >= 0.6 is 11.8 Å². The standard InChI is InChI=1S/C26H25N5O2S/c1-3-33-22-12-10-21(11-13-22)31-25(20-8-6-14-27-16-20)28-29-26(31)34-17-24(32)30-18(2)15-19-7-4-5-9-23(19)30/h4-14,16,18H,3,15,17H2,1-2H3. The van der Waals surface area contributed by atoms with Crippen molar-refractivity contribution in [2.24, 2.45) is 0 Å². The Balaban J connectivity index is 1.44. The van der Waals surface area contributed by atoms with Crippen molar-refractivity contribution in [3.8, 4) is 22.8 Å². The Labute approximate surface area is 202 Å². The maximum absolute atomic E-state index is 13.3. The van der Waals surface area contributed by atoms with E-state index in [1.807, 2.05) is 71.0 Å². The highest BCUT2D eigenvalue weighted by Crippen LogP contribution is 2.34. The van der Waals surface area contributed by atoms with Crippen molar-refractivity contribution in [1.82, 2.24) is 19.7 Å². The van der Waals surface area contributed by atoms with E-state index in [0.717, 1.165) is 29.1 Å². The number of fused-ring (bicyclic) bond motifs is 1. The minimum Gasteiger partial charge on any atom is -0.494 e. The quantitative estimate of drug-likeness (QED) is 0.361. The van der Waals surface area contributed by atoms with Crippen molar-refractivity contribution < 1.29 is 9.53 Å². The number of hydrogen-bond donors (Lipinski definition) is 0. The number of thioether (sulfide) groups is 1. The van der Waals surface area contributed by atoms with Crippen molar-refractivity contribution in [3.63, 3.8) is 0 Å². The van der Waals surface area contributed by atoms with Gasteiger partial charge >= 0.3 is 0 Å². The molecule has 0 N–H and O–H groups in total. The fourth-order valence-corrected chi connectivity index (χ4v) is 5.09. The van der Waals surface area contributed by atoms with Crippen LogP contribution in [0.25, 0.3) is 17.1 Å². The van der Waals surface area contributed by atoms with E-state index in [9.17, 15) is 4.79 Å². The van der Waals surface area contributed by atoms with Crippen LogP contribution in [0, 0.1) is 0 Å². The fourth-order valence-electron chi connectivity index (χ4n) is 4.28. The molecular weight excluding hydrogens is 446 g/mol. The number of para-hydroxylation sites is 1. The van der Waals surface area contributed by atoms with Crippen LogP contribution < -0.4 is 9.64 Å². The number of carbonyl (C=O) groups is 1. The van der Waals surface area contributed by atoms with Crippen molar-refractivity contribution >= 4 is 23.4 Å². The molecule has 5 rings (SSSR count). The number of benzene rings is 2. The molecule has 0 bridgehead atoms. The molecule has 0 saturated carbocycles. The lowest BCUT2D eigenvalue weighted by Crippen LogP contribution is -2.37. The average Bonchev–Trinajstić information content (AvgIpc) is 3.44. The maximum Gasteiger partial charge on any atom is 0.237 e. The minimum atomic E-state index is 0.0617. The molecule has 8 heteroatoms. The summed E-state index contributed by atoms with van der Waals surface area (Å²) in [4.78, 5) is 19.4. The van der Waals surface area contributed by atoms with Gasteiger partial charge in [0, 0.05) is 35.4 Å². The molecule has 4 aromatic rings. The number of anilines is 1. The number of amides is 1. The van der Waals surface area contributed by atoms with E-state index in [-0.39, 0.29) is 17.7 Å². The molecule has 2 aromatic heterocycles. The first kappa shape index (κ1) is 22.2. The molecule has 1 atom stereocenters. The summed E-state index contributed by atoms with van der Waals surface area (Å²) in [7, 11) is 0. The van der Waals surface area contributed by atoms with Gasteiger partial charge in [0.1, 0.15) is 5.75 Å². The van der Waals surface area contributed by atoms with Gasteiger partial charge in [-0.25, -0.2) is 0 Å². The molecule has 172 valence electrons. The third-order valence-corrected chi connectivity index (χ3v) is 6.67. The van der Waals surface area contributed by atoms with Gasteiger partial charge in [0.2, 0.25) is 5.91 Å². The van der Waals surface area contributed by atoms with Crippen LogP contribution in [0.3, 0.4) is 0 Å². The zero-order chi connectivity index (χ0) is 23.5. The Kier molecular flexibility index (Phi) is 6.31. The van der Waals surface area contributed by atoms with Gasteiger partial charge in [0.05, 0.1) is 12.4 Å². The largest absolute Gasteiger partial charge is 0.494 e. The van der Waals surface area contributed by atoms with Gasteiger partial charge in [-0.2, -0.15) is 0 Å². The lowest BCUT2D eigenvalue weighted by atomic mass is 10.1. The summed E-state index contributed by atoms with van der Waals surface area (Å²) in [5, 5.41) is 9.53. The van der Waals surface area contributed by atoms with E-state index in [0.29, 0.717) is 17.6 Å². The van der Waals surface area contributed by atoms with E-state index < -0.39 is 0 Å². The number of hydrogen-bond acceptors (Lipinski definition) is 6. The number of aromatic nitrogens is 4. The number of carbonyl (C=O) groups excluding carboxylic acids is 1. The second-order valence-electron chi connectivity index (χ2n) is 8.04. The fraction of sp³-hybridized carbons (Fsp3) is 0.231. The summed E-state index contributed by atoms with van der Waals surface area (Å²) in [5.41, 5.74) is 3.96. The SMILES string of the molecule is CCOc1ccc(-n2c(SCC(=O)N3c4ccccc4CC3C)nnc2-c2cccnc2)cc1. The normalized spacial score (nSPS) is 14.8. The topological polar surface area (TPSA) is 73.1 Å². The van der Waals surface area contributed by atoms with Crippen LogP contribution in [0.4, 0.5) is 5.69 Å². The van der Waals surface area contributed by atoms with Crippen LogP contribution in [0.1, 0.15) is 19.4 Å². The summed E-state index contributed by atoms with van der Waals surface area (Å²) in [6.07, 6.45) is 4.36. The van der Waals surface area contributed by atoms with E-state index >= 15 is 0 Å². The molecule has 1 unspecified atom stereocenters. The molecule has 7 nitrogen and oxygen atoms in total. The molecule has 0 spiro atoms. The minimum absolute atomic E-state index is 0.0617. The highest BCUT2D eigenvalue weighted by Gasteiger charge is 2.30. The van der Waals surface area contributed by atoms with E-state index in [2.05, 4.69) is 28.2 Å². The first-order valence-electron chi connectivity index (χ1n) is 11.3. The van der Waals surface area contributed by atoms with E-state index in [1.54, 1.807) is 12.4 Å². The lowest BCUT2D eigenvalue weighted by Gasteiger charge is -2.22. The zero-order valence-electron chi connectivity index (χ0n) is 19.1. The maximum atomic E-state index is 13.3. The summed E-state index contributed by atoms with van der Waals surface area (Å²) < 4.78 is 7.56. The molecule has 2 aromatic carbocycles. The summed E-state index contributed by atoms with van der Waals surface area (Å²) in [6, 6.07) is 19.9. The summed E-state index contributed by atoms with van der Waals surface area (Å²) >= 11 is 1.39. The Hall–Kier alpha value is -3.65. The van der Waals surface area contributed by atoms with Gasteiger partial charge in [-0.15, -0.1) is 10.2 Å². The molecule has 34 heavy (non-hydrogen) atoms. The van der Waals surface area contributed by atoms with Crippen LogP contribution in [-0.2, 0) is 11.2 Å². The molecule has 0 aliphatic carbocycles. The van der Waals surface area contributed by atoms with Gasteiger partial charge in [-0.3, -0.25) is 14.3 Å². The highest BCUT2D eigenvalue weighted by molar-refractivity contribution is 7.99. The summed E-state index contributed by atoms with van der Waals surface area (Å²) in [5.74, 6) is 1.80. The van der Waals surface area contributed by atoms with Crippen molar-refractivity contribution in [1.29, 1.82) is 0 Å². The third kappa shape index (κ3) is 4.28. The molecule has 1 amide bonds. The first-order valence-corrected chi connectivity index (χ1v) is 12.3. The molecule has 0 fully saturated rings. The smallest absolute Gasteiger partial charge is 0.237 e. The molecule has 3 heterocycles. The predicted octanol–water partition coefficient (Wildman–Crippen LogP) is 4.80. The number of rotatable bonds is 7. The monoisotopic (exact) mass is 471 g/mol. The number of nitrogens with zero attached hydrogens (tertiary/aromatic N) is 5. The highest BCUT2D eigenvalue weighted by atomic mass is 32.2. The number of ether oxygens (including phenoxy) is 1. The van der Waals surface area contributed by atoms with Gasteiger partial charge in [-0.1, -0.05) is 30.0 Å². The molecule has 0 radical (unpaired) electrons. The van der Waals surface area contributed by atoms with Crippen molar-refractivity contribution in [2.75, 3.05) is 17.3 Å². The Morgan fingerprint density at radius 2 is 1.91 bits per heavy atom. The number of pyridine rings is 1. The summed E-state index contributed by atoms with van der Waals surface area (Å²) in [6.45, 7) is 4.65. The van der Waals surface area contributed by atoms with E-state index in [4.69, 9.17) is 4.74 Å². The zero-order valence-corrected chi connectivity index (χ0v) is 19.9. The Bertz CT molecular complexity index is 1290. The van der Waals surface area contributed by atoms with E-state index in [1.165, 1.54) is 17.3 Å². The second kappa shape index (κ2) is 9.69. The van der Waals surface area contributed by atoms with Gasteiger partial charge in [0.25, 0.3) is 0 Å². The second-order valence-corrected chi connectivity index (χ2v) is 8.99. The Morgan fingerprint density at radius 1 is 1.09 bits per heavy atom. The predicted molar refractivity (Wildman–Crippen MR) is 134 cm³/mol. The average molecular weight is 472 g/mol. The first-order chi connectivity index (χ1) is 16.7. The van der Waals surface area contributed by atoms with Crippen molar-refractivity contribution in [2.45, 2.75) is 31.5 Å². The van der Waals surface area contributed by atoms with Crippen LogP contribution in [0.15, 0.2) is 78.2 Å². The van der Waals surface area contributed by atoms with Crippen molar-refractivity contribution in [3.05, 3.63) is 78.6 Å². The molecule has 0 saturated heterocycles.